The fourth-order valence-corrected chi connectivity index (χ4v) is 2.71. The van der Waals surface area contributed by atoms with Gasteiger partial charge in [-0.05, 0) is 30.9 Å². The lowest BCUT2D eigenvalue weighted by Gasteiger charge is -2.32. The topological polar surface area (TPSA) is 57.6 Å². The Morgan fingerprint density at radius 3 is 2.48 bits per heavy atom. The zero-order valence-corrected chi connectivity index (χ0v) is 13.1. The van der Waals surface area contributed by atoms with Gasteiger partial charge in [-0.25, -0.2) is 4.79 Å². The molecular weight excluding hydrogens is 266 g/mol. The SMILES string of the molecule is CCCc1ccccc1C(C)N(C=O)C(CCC)C(=O)O. The van der Waals surface area contributed by atoms with Crippen molar-refractivity contribution in [3.8, 4) is 0 Å². The van der Waals surface area contributed by atoms with Crippen LogP contribution in [0, 0.1) is 0 Å². The molecule has 1 rings (SSSR count). The maximum atomic E-state index is 11.5. The normalized spacial score (nSPS) is 13.5. The van der Waals surface area contributed by atoms with Gasteiger partial charge in [-0.2, -0.15) is 0 Å². The highest BCUT2D eigenvalue weighted by Crippen LogP contribution is 2.26. The van der Waals surface area contributed by atoms with Crippen molar-refractivity contribution < 1.29 is 14.7 Å². The van der Waals surface area contributed by atoms with Crippen LogP contribution in [0.3, 0.4) is 0 Å². The first kappa shape index (κ1) is 17.2. The molecule has 116 valence electrons. The monoisotopic (exact) mass is 291 g/mol. The second-order valence-electron chi connectivity index (χ2n) is 5.32. The van der Waals surface area contributed by atoms with Crippen LogP contribution in [0.15, 0.2) is 24.3 Å². The molecule has 1 amide bonds. The summed E-state index contributed by atoms with van der Waals surface area (Å²) in [6.45, 7) is 5.93. The second kappa shape index (κ2) is 8.45. The summed E-state index contributed by atoms with van der Waals surface area (Å²) in [5.41, 5.74) is 2.22. The van der Waals surface area contributed by atoms with Gasteiger partial charge in [-0.1, -0.05) is 51.0 Å². The van der Waals surface area contributed by atoms with Crippen molar-refractivity contribution in [1.29, 1.82) is 0 Å². The molecular formula is C17H25NO3. The number of rotatable bonds is 9. The number of benzene rings is 1. The molecule has 0 aliphatic heterocycles. The lowest BCUT2D eigenvalue weighted by atomic mass is 9.96. The molecule has 1 aromatic rings. The molecule has 4 heteroatoms. The van der Waals surface area contributed by atoms with Crippen LogP contribution in [0.4, 0.5) is 0 Å². The van der Waals surface area contributed by atoms with E-state index in [2.05, 4.69) is 6.92 Å². The van der Waals surface area contributed by atoms with E-state index in [1.165, 1.54) is 10.5 Å². The number of carbonyl (C=O) groups is 2. The number of hydrogen-bond donors (Lipinski definition) is 1. The Balaban J connectivity index is 3.10. The van der Waals surface area contributed by atoms with E-state index in [0.29, 0.717) is 12.8 Å². The molecule has 0 bridgehead atoms. The highest BCUT2D eigenvalue weighted by atomic mass is 16.4. The smallest absolute Gasteiger partial charge is 0.326 e. The number of aryl methyl sites for hydroxylation is 1. The Kier molecular flexibility index (Phi) is 6.92. The summed E-state index contributed by atoms with van der Waals surface area (Å²) in [6.07, 6.45) is 3.81. The second-order valence-corrected chi connectivity index (χ2v) is 5.32. The summed E-state index contributed by atoms with van der Waals surface area (Å²) >= 11 is 0. The maximum absolute atomic E-state index is 11.5. The zero-order chi connectivity index (χ0) is 15.8. The Morgan fingerprint density at radius 2 is 1.95 bits per heavy atom. The quantitative estimate of drug-likeness (QED) is 0.709. The van der Waals surface area contributed by atoms with Gasteiger partial charge >= 0.3 is 5.97 Å². The van der Waals surface area contributed by atoms with Crippen LogP contribution in [0.5, 0.6) is 0 Å². The Hall–Kier alpha value is -1.84. The largest absolute Gasteiger partial charge is 0.480 e. The first-order valence-electron chi connectivity index (χ1n) is 7.60. The standard InChI is InChI=1S/C17H25NO3/c1-4-8-14-10-6-7-11-15(14)13(3)18(12-19)16(9-5-2)17(20)21/h6-7,10-13,16H,4-5,8-9H2,1-3H3,(H,20,21). The highest BCUT2D eigenvalue weighted by molar-refractivity contribution is 5.76. The van der Waals surface area contributed by atoms with Crippen molar-refractivity contribution in [1.82, 2.24) is 4.90 Å². The Labute approximate surface area is 126 Å². The van der Waals surface area contributed by atoms with E-state index < -0.39 is 12.0 Å². The number of carbonyl (C=O) groups excluding carboxylic acids is 1. The van der Waals surface area contributed by atoms with E-state index in [-0.39, 0.29) is 6.04 Å². The molecule has 0 aliphatic rings. The molecule has 0 saturated heterocycles. The molecule has 2 unspecified atom stereocenters. The number of amides is 1. The minimum Gasteiger partial charge on any atom is -0.480 e. The summed E-state index contributed by atoms with van der Waals surface area (Å²) in [4.78, 5) is 24.3. The van der Waals surface area contributed by atoms with Gasteiger partial charge in [0.05, 0.1) is 6.04 Å². The van der Waals surface area contributed by atoms with Gasteiger partial charge in [0.25, 0.3) is 0 Å². The van der Waals surface area contributed by atoms with Gasteiger partial charge in [0.2, 0.25) is 6.41 Å². The fraction of sp³-hybridized carbons (Fsp3) is 0.529. The van der Waals surface area contributed by atoms with Crippen LogP contribution in [-0.2, 0) is 16.0 Å². The van der Waals surface area contributed by atoms with Gasteiger partial charge in [0.15, 0.2) is 0 Å². The molecule has 0 aliphatic carbocycles. The predicted octanol–water partition coefficient (Wildman–Crippen LogP) is 3.41. The van der Waals surface area contributed by atoms with E-state index >= 15 is 0 Å². The predicted molar refractivity (Wildman–Crippen MR) is 83.1 cm³/mol. The van der Waals surface area contributed by atoms with Gasteiger partial charge < -0.3 is 10.0 Å². The fourth-order valence-electron chi connectivity index (χ4n) is 2.71. The van der Waals surface area contributed by atoms with E-state index in [9.17, 15) is 14.7 Å². The summed E-state index contributed by atoms with van der Waals surface area (Å²) in [6, 6.07) is 6.94. The highest BCUT2D eigenvalue weighted by Gasteiger charge is 2.28. The van der Waals surface area contributed by atoms with E-state index in [4.69, 9.17) is 0 Å². The number of carboxylic acid groups (broad SMARTS) is 1. The van der Waals surface area contributed by atoms with Gasteiger partial charge in [-0.3, -0.25) is 4.79 Å². The zero-order valence-electron chi connectivity index (χ0n) is 13.1. The number of carboxylic acids is 1. The summed E-state index contributed by atoms with van der Waals surface area (Å²) in [7, 11) is 0. The molecule has 0 radical (unpaired) electrons. The summed E-state index contributed by atoms with van der Waals surface area (Å²) in [5, 5.41) is 9.37. The molecule has 2 atom stereocenters. The number of nitrogens with zero attached hydrogens (tertiary/aromatic N) is 1. The van der Waals surface area contributed by atoms with Crippen LogP contribution >= 0.6 is 0 Å². The van der Waals surface area contributed by atoms with Crippen molar-refractivity contribution in [2.24, 2.45) is 0 Å². The molecule has 0 heterocycles. The average molecular weight is 291 g/mol. The third kappa shape index (κ3) is 4.31. The van der Waals surface area contributed by atoms with Gasteiger partial charge in [0, 0.05) is 0 Å². The van der Waals surface area contributed by atoms with Crippen molar-refractivity contribution in [3.63, 3.8) is 0 Å². The minimum atomic E-state index is -0.941. The van der Waals surface area contributed by atoms with Crippen LogP contribution < -0.4 is 0 Å². The summed E-state index contributed by atoms with van der Waals surface area (Å²) < 4.78 is 0. The lowest BCUT2D eigenvalue weighted by Crippen LogP contribution is -2.42. The third-order valence-corrected chi connectivity index (χ3v) is 3.80. The number of aliphatic carboxylic acids is 1. The summed E-state index contributed by atoms with van der Waals surface area (Å²) in [5.74, 6) is -0.941. The minimum absolute atomic E-state index is 0.238. The first-order chi connectivity index (χ1) is 10.1. The molecule has 21 heavy (non-hydrogen) atoms. The number of hydrogen-bond acceptors (Lipinski definition) is 2. The Bertz CT molecular complexity index is 473. The van der Waals surface area contributed by atoms with Crippen molar-refractivity contribution in [2.45, 2.75) is 58.5 Å². The van der Waals surface area contributed by atoms with Crippen LogP contribution in [0.1, 0.15) is 57.2 Å². The molecule has 0 aromatic heterocycles. The molecule has 0 saturated carbocycles. The molecule has 0 spiro atoms. The van der Waals surface area contributed by atoms with Crippen molar-refractivity contribution in [3.05, 3.63) is 35.4 Å². The molecule has 0 fully saturated rings. The van der Waals surface area contributed by atoms with E-state index in [1.807, 2.05) is 38.1 Å². The maximum Gasteiger partial charge on any atom is 0.326 e. The Morgan fingerprint density at radius 1 is 1.29 bits per heavy atom. The van der Waals surface area contributed by atoms with Crippen LogP contribution in [0.25, 0.3) is 0 Å². The van der Waals surface area contributed by atoms with Crippen LogP contribution in [0.2, 0.25) is 0 Å². The lowest BCUT2D eigenvalue weighted by molar-refractivity contribution is -0.148. The molecule has 4 nitrogen and oxygen atoms in total. The van der Waals surface area contributed by atoms with E-state index in [0.717, 1.165) is 24.8 Å². The van der Waals surface area contributed by atoms with Gasteiger partial charge in [-0.15, -0.1) is 0 Å². The van der Waals surface area contributed by atoms with Gasteiger partial charge in [0.1, 0.15) is 6.04 Å². The third-order valence-electron chi connectivity index (χ3n) is 3.80. The average Bonchev–Trinajstić information content (AvgIpc) is 2.47. The van der Waals surface area contributed by atoms with Crippen LogP contribution in [-0.4, -0.2) is 28.4 Å². The first-order valence-corrected chi connectivity index (χ1v) is 7.60. The van der Waals surface area contributed by atoms with E-state index in [1.54, 1.807) is 0 Å². The molecule has 1 aromatic carbocycles. The van der Waals surface area contributed by atoms with Crippen molar-refractivity contribution >= 4 is 12.4 Å². The molecule has 1 N–H and O–H groups in total. The van der Waals surface area contributed by atoms with Crippen molar-refractivity contribution in [2.75, 3.05) is 0 Å².